The fourth-order valence-electron chi connectivity index (χ4n) is 2.19. The summed E-state index contributed by atoms with van der Waals surface area (Å²) in [5.74, 6) is -1.10. The summed E-state index contributed by atoms with van der Waals surface area (Å²) in [6.45, 7) is 2.23. The van der Waals surface area contributed by atoms with E-state index >= 15 is 0 Å². The van der Waals surface area contributed by atoms with E-state index in [9.17, 15) is 9.90 Å². The first-order chi connectivity index (χ1) is 8.09. The second kappa shape index (κ2) is 4.47. The average Bonchev–Trinajstić information content (AvgIpc) is 2.37. The van der Waals surface area contributed by atoms with Crippen LogP contribution >= 0.6 is 0 Å². The molecule has 2 unspecified atom stereocenters. The Morgan fingerprint density at radius 2 is 2.24 bits per heavy atom. The lowest BCUT2D eigenvalue weighted by Crippen LogP contribution is -2.45. The molecule has 4 heteroatoms. The Bertz CT molecular complexity index is 429. The van der Waals surface area contributed by atoms with Crippen molar-refractivity contribution in [2.45, 2.75) is 19.1 Å². The third-order valence-corrected chi connectivity index (χ3v) is 3.33. The van der Waals surface area contributed by atoms with E-state index in [0.29, 0.717) is 6.61 Å². The van der Waals surface area contributed by atoms with Gasteiger partial charge < -0.3 is 14.6 Å². The van der Waals surface area contributed by atoms with E-state index in [1.807, 2.05) is 24.3 Å². The van der Waals surface area contributed by atoms with Gasteiger partial charge >= 0.3 is 5.97 Å². The van der Waals surface area contributed by atoms with Crippen LogP contribution in [0.2, 0.25) is 0 Å². The van der Waals surface area contributed by atoms with Crippen LogP contribution in [0.3, 0.4) is 0 Å². The molecule has 1 N–H and O–H groups in total. The van der Waals surface area contributed by atoms with E-state index in [1.165, 1.54) is 7.11 Å². The Labute approximate surface area is 100 Å². The molecule has 92 valence electrons. The second-order valence-corrected chi connectivity index (χ2v) is 4.32. The van der Waals surface area contributed by atoms with Crippen molar-refractivity contribution >= 4 is 5.97 Å². The summed E-state index contributed by atoms with van der Waals surface area (Å²) in [5, 5.41) is 10.7. The first-order valence-corrected chi connectivity index (χ1v) is 5.56. The average molecular weight is 236 g/mol. The minimum Gasteiger partial charge on any atom is -0.469 e. The van der Waals surface area contributed by atoms with E-state index in [2.05, 4.69) is 0 Å². The molecule has 0 radical (unpaired) electrons. The maximum atomic E-state index is 11.6. The summed E-state index contributed by atoms with van der Waals surface area (Å²) in [6, 6.07) is 7.45. The van der Waals surface area contributed by atoms with Gasteiger partial charge in [-0.2, -0.15) is 0 Å². The molecule has 17 heavy (non-hydrogen) atoms. The molecule has 0 saturated heterocycles. The molecule has 1 aliphatic rings. The van der Waals surface area contributed by atoms with Crippen molar-refractivity contribution in [2.24, 2.45) is 5.92 Å². The summed E-state index contributed by atoms with van der Waals surface area (Å²) < 4.78 is 10.1. The van der Waals surface area contributed by atoms with Gasteiger partial charge in [-0.3, -0.25) is 4.79 Å². The van der Waals surface area contributed by atoms with Crippen LogP contribution in [-0.2, 0) is 26.5 Å². The van der Waals surface area contributed by atoms with Crippen molar-refractivity contribution in [3.8, 4) is 0 Å². The molecular weight excluding hydrogens is 220 g/mol. The van der Waals surface area contributed by atoms with Gasteiger partial charge in [0.1, 0.15) is 5.60 Å². The molecule has 0 aromatic heterocycles. The van der Waals surface area contributed by atoms with E-state index in [0.717, 1.165) is 11.1 Å². The molecule has 1 aromatic rings. The number of esters is 1. The number of hydrogen-bond donors (Lipinski definition) is 1. The molecule has 0 spiro atoms. The molecule has 4 nitrogen and oxygen atoms in total. The Balaban J connectivity index is 2.42. The van der Waals surface area contributed by atoms with Crippen LogP contribution in [-0.4, -0.2) is 24.8 Å². The third-order valence-electron chi connectivity index (χ3n) is 3.33. The van der Waals surface area contributed by atoms with Gasteiger partial charge in [0.2, 0.25) is 0 Å². The Morgan fingerprint density at radius 1 is 1.53 bits per heavy atom. The number of carbonyl (C=O) groups excluding carboxylic acids is 1. The largest absolute Gasteiger partial charge is 0.469 e. The molecule has 1 aromatic carbocycles. The predicted molar refractivity (Wildman–Crippen MR) is 61.2 cm³/mol. The highest BCUT2D eigenvalue weighted by Crippen LogP contribution is 2.36. The van der Waals surface area contributed by atoms with Crippen LogP contribution in [0, 0.1) is 5.92 Å². The lowest BCUT2D eigenvalue weighted by Gasteiger charge is -2.37. The SMILES string of the molecule is COC(=O)C(C)C1(O)COCc2ccccc21. The quantitative estimate of drug-likeness (QED) is 0.784. The molecule has 0 saturated carbocycles. The van der Waals surface area contributed by atoms with Gasteiger partial charge in [-0.05, 0) is 18.1 Å². The summed E-state index contributed by atoms with van der Waals surface area (Å²) in [7, 11) is 1.32. The monoisotopic (exact) mass is 236 g/mol. The fourth-order valence-corrected chi connectivity index (χ4v) is 2.19. The molecular formula is C13H16O4. The van der Waals surface area contributed by atoms with E-state index < -0.39 is 17.5 Å². The van der Waals surface area contributed by atoms with Gasteiger partial charge in [-0.15, -0.1) is 0 Å². The van der Waals surface area contributed by atoms with Gasteiger partial charge in [0, 0.05) is 0 Å². The number of carbonyl (C=O) groups is 1. The lowest BCUT2D eigenvalue weighted by molar-refractivity contribution is -0.164. The van der Waals surface area contributed by atoms with Gasteiger partial charge in [0.25, 0.3) is 0 Å². The van der Waals surface area contributed by atoms with Crippen molar-refractivity contribution in [3.05, 3.63) is 35.4 Å². The van der Waals surface area contributed by atoms with E-state index in [4.69, 9.17) is 9.47 Å². The van der Waals surface area contributed by atoms with Crippen molar-refractivity contribution in [1.29, 1.82) is 0 Å². The molecule has 0 aliphatic carbocycles. The highest BCUT2D eigenvalue weighted by molar-refractivity contribution is 5.74. The number of hydrogen-bond acceptors (Lipinski definition) is 4. The summed E-state index contributed by atoms with van der Waals surface area (Å²) in [6.07, 6.45) is 0. The number of aliphatic hydroxyl groups is 1. The Morgan fingerprint density at radius 3 is 2.94 bits per heavy atom. The normalized spacial score (nSPS) is 24.9. The zero-order valence-electron chi connectivity index (χ0n) is 9.97. The van der Waals surface area contributed by atoms with Gasteiger partial charge in [-0.25, -0.2) is 0 Å². The molecule has 2 atom stereocenters. The number of fused-ring (bicyclic) bond motifs is 1. The lowest BCUT2D eigenvalue weighted by atomic mass is 9.79. The van der Waals surface area contributed by atoms with Crippen molar-refractivity contribution in [2.75, 3.05) is 13.7 Å². The number of ether oxygens (including phenoxy) is 2. The first kappa shape index (κ1) is 12.1. The minimum absolute atomic E-state index is 0.111. The van der Waals surface area contributed by atoms with Crippen LogP contribution in [0.4, 0.5) is 0 Å². The van der Waals surface area contributed by atoms with Crippen LogP contribution in [0.25, 0.3) is 0 Å². The second-order valence-electron chi connectivity index (χ2n) is 4.32. The van der Waals surface area contributed by atoms with Gasteiger partial charge in [0.05, 0.1) is 26.2 Å². The molecule has 2 rings (SSSR count). The van der Waals surface area contributed by atoms with E-state index in [1.54, 1.807) is 6.92 Å². The molecule has 0 fully saturated rings. The molecule has 1 heterocycles. The zero-order chi connectivity index (χ0) is 12.5. The van der Waals surface area contributed by atoms with Gasteiger partial charge in [0.15, 0.2) is 0 Å². The van der Waals surface area contributed by atoms with Crippen LogP contribution in [0.1, 0.15) is 18.1 Å². The standard InChI is InChI=1S/C13H16O4/c1-9(12(14)16-2)13(15)8-17-7-10-5-3-4-6-11(10)13/h3-6,9,15H,7-8H2,1-2H3. The smallest absolute Gasteiger partial charge is 0.311 e. The Kier molecular flexibility index (Phi) is 3.17. The molecule has 0 bridgehead atoms. The number of methoxy groups -OCH3 is 1. The van der Waals surface area contributed by atoms with Crippen molar-refractivity contribution in [1.82, 2.24) is 0 Å². The zero-order valence-corrected chi connectivity index (χ0v) is 9.97. The van der Waals surface area contributed by atoms with Crippen LogP contribution in [0.15, 0.2) is 24.3 Å². The predicted octanol–water partition coefficient (Wildman–Crippen LogP) is 1.21. The Hall–Kier alpha value is -1.39. The van der Waals surface area contributed by atoms with Crippen molar-refractivity contribution < 1.29 is 19.4 Å². The molecule has 0 amide bonds. The maximum Gasteiger partial charge on any atom is 0.311 e. The van der Waals surface area contributed by atoms with Crippen LogP contribution in [0.5, 0.6) is 0 Å². The maximum absolute atomic E-state index is 11.6. The summed E-state index contributed by atoms with van der Waals surface area (Å²) in [5.41, 5.74) is 0.364. The summed E-state index contributed by atoms with van der Waals surface area (Å²) >= 11 is 0. The highest BCUT2D eigenvalue weighted by Gasteiger charge is 2.44. The fraction of sp³-hybridized carbons (Fsp3) is 0.462. The van der Waals surface area contributed by atoms with Crippen molar-refractivity contribution in [3.63, 3.8) is 0 Å². The van der Waals surface area contributed by atoms with E-state index in [-0.39, 0.29) is 6.61 Å². The first-order valence-electron chi connectivity index (χ1n) is 5.56. The number of rotatable bonds is 2. The molecule has 1 aliphatic heterocycles. The summed E-state index contributed by atoms with van der Waals surface area (Å²) in [4.78, 5) is 11.6. The van der Waals surface area contributed by atoms with Gasteiger partial charge in [-0.1, -0.05) is 24.3 Å². The highest BCUT2D eigenvalue weighted by atomic mass is 16.5. The minimum atomic E-state index is -1.30. The third kappa shape index (κ3) is 1.94. The topological polar surface area (TPSA) is 55.8 Å². The number of benzene rings is 1. The van der Waals surface area contributed by atoms with Crippen LogP contribution < -0.4 is 0 Å².